The van der Waals surface area contributed by atoms with E-state index < -0.39 is 0 Å². The summed E-state index contributed by atoms with van der Waals surface area (Å²) in [5.74, 6) is -0.00309. The van der Waals surface area contributed by atoms with Crippen LogP contribution >= 0.6 is 0 Å². The van der Waals surface area contributed by atoms with Gasteiger partial charge >= 0.3 is 0 Å². The van der Waals surface area contributed by atoms with Crippen molar-refractivity contribution < 1.29 is 13.6 Å². The first-order valence-corrected chi connectivity index (χ1v) is 12.3. The molecule has 1 unspecified atom stereocenters. The number of nitrogens with zero attached hydrogens (tertiary/aromatic N) is 2. The molecule has 0 spiro atoms. The third-order valence-electron chi connectivity index (χ3n) is 7.43. The number of piperazine rings is 1. The zero-order valence-electron chi connectivity index (χ0n) is 19.7. The van der Waals surface area contributed by atoms with Crippen molar-refractivity contribution in [1.29, 1.82) is 0 Å². The Morgan fingerprint density at radius 3 is 2.21 bits per heavy atom. The fourth-order valence-electron chi connectivity index (χ4n) is 5.18. The van der Waals surface area contributed by atoms with E-state index in [0.29, 0.717) is 23.3 Å². The van der Waals surface area contributed by atoms with E-state index in [0.717, 1.165) is 39.0 Å². The minimum absolute atomic E-state index is 0.0504. The molecule has 4 rings (SSSR count). The van der Waals surface area contributed by atoms with Crippen molar-refractivity contribution in [2.24, 2.45) is 11.8 Å². The lowest BCUT2D eigenvalue weighted by Crippen LogP contribution is -2.50. The maximum absolute atomic E-state index is 15.0. The number of nitrogens with one attached hydrogen (secondary N) is 1. The highest BCUT2D eigenvalue weighted by molar-refractivity contribution is 5.92. The molecule has 1 saturated heterocycles. The van der Waals surface area contributed by atoms with Crippen LogP contribution in [0.15, 0.2) is 42.5 Å². The standard InChI is InChI=1S/C27H35F2N3O/c1-3-19(4-2)27(33)30-23-12-13-25(24(29)18-23)31-14-16-32(17-15-31)26(20-6-5-7-20)21-8-10-22(28)11-9-21/h8-13,18-20,26H,3-7,14-17H2,1-2H3,(H,30,33). The van der Waals surface area contributed by atoms with Crippen LogP contribution < -0.4 is 10.2 Å². The summed E-state index contributed by atoms with van der Waals surface area (Å²) >= 11 is 0. The highest BCUT2D eigenvalue weighted by Gasteiger charge is 2.34. The molecule has 1 heterocycles. The number of rotatable bonds is 8. The van der Waals surface area contributed by atoms with Crippen molar-refractivity contribution in [2.75, 3.05) is 36.4 Å². The van der Waals surface area contributed by atoms with Crippen molar-refractivity contribution in [3.05, 3.63) is 59.7 Å². The normalized spacial score (nSPS) is 18.3. The Kier molecular flexibility index (Phi) is 7.63. The van der Waals surface area contributed by atoms with E-state index in [1.807, 2.05) is 26.0 Å². The van der Waals surface area contributed by atoms with Gasteiger partial charge in [-0.05, 0) is 67.5 Å². The number of carbonyl (C=O) groups is 1. The Bertz CT molecular complexity index is 933. The highest BCUT2D eigenvalue weighted by atomic mass is 19.1. The largest absolute Gasteiger partial charge is 0.367 e. The molecule has 1 saturated carbocycles. The van der Waals surface area contributed by atoms with Gasteiger partial charge in [0.05, 0.1) is 5.69 Å². The van der Waals surface area contributed by atoms with Crippen LogP contribution in [0.4, 0.5) is 20.2 Å². The summed E-state index contributed by atoms with van der Waals surface area (Å²) in [6, 6.07) is 12.2. The molecule has 0 radical (unpaired) electrons. The second kappa shape index (κ2) is 10.6. The van der Waals surface area contributed by atoms with E-state index in [4.69, 9.17) is 0 Å². The van der Waals surface area contributed by atoms with E-state index in [1.54, 1.807) is 24.3 Å². The van der Waals surface area contributed by atoms with Crippen molar-refractivity contribution in [3.63, 3.8) is 0 Å². The lowest BCUT2D eigenvalue weighted by molar-refractivity contribution is -0.120. The van der Waals surface area contributed by atoms with Gasteiger partial charge in [0.2, 0.25) is 5.91 Å². The molecule has 2 fully saturated rings. The van der Waals surface area contributed by atoms with Gasteiger partial charge in [0.25, 0.3) is 0 Å². The predicted octanol–water partition coefficient (Wildman–Crippen LogP) is 6.00. The molecule has 2 aromatic carbocycles. The van der Waals surface area contributed by atoms with E-state index in [1.165, 1.54) is 30.9 Å². The maximum atomic E-state index is 15.0. The molecule has 1 aliphatic carbocycles. The Morgan fingerprint density at radius 1 is 1.00 bits per heavy atom. The first-order chi connectivity index (χ1) is 16.0. The molecule has 6 heteroatoms. The fourth-order valence-corrected chi connectivity index (χ4v) is 5.18. The Balaban J connectivity index is 1.40. The van der Waals surface area contributed by atoms with Gasteiger partial charge in [0, 0.05) is 43.8 Å². The number of benzene rings is 2. The lowest BCUT2D eigenvalue weighted by Gasteiger charge is -2.45. The van der Waals surface area contributed by atoms with Gasteiger partial charge in [-0.1, -0.05) is 32.4 Å². The second-order valence-electron chi connectivity index (χ2n) is 9.38. The van der Waals surface area contributed by atoms with Gasteiger partial charge in [0.15, 0.2) is 0 Å². The van der Waals surface area contributed by atoms with Crippen LogP contribution in [0.3, 0.4) is 0 Å². The van der Waals surface area contributed by atoms with Crippen LogP contribution in [-0.4, -0.2) is 37.0 Å². The van der Waals surface area contributed by atoms with Crippen LogP contribution in [0.1, 0.15) is 57.6 Å². The first-order valence-electron chi connectivity index (χ1n) is 12.3. The third-order valence-corrected chi connectivity index (χ3v) is 7.43. The number of anilines is 2. The highest BCUT2D eigenvalue weighted by Crippen LogP contribution is 2.42. The molecule has 1 amide bonds. The third kappa shape index (κ3) is 5.37. The molecule has 1 N–H and O–H groups in total. The zero-order chi connectivity index (χ0) is 23.4. The fraction of sp³-hybridized carbons (Fsp3) is 0.519. The summed E-state index contributed by atoms with van der Waals surface area (Å²) in [5.41, 5.74) is 2.27. The zero-order valence-corrected chi connectivity index (χ0v) is 19.7. The summed E-state index contributed by atoms with van der Waals surface area (Å²) in [7, 11) is 0. The van der Waals surface area contributed by atoms with E-state index in [9.17, 15) is 13.6 Å². The average molecular weight is 456 g/mol. The monoisotopic (exact) mass is 455 g/mol. The SMILES string of the molecule is CCC(CC)C(=O)Nc1ccc(N2CCN(C(c3ccc(F)cc3)C3CCC3)CC2)c(F)c1. The van der Waals surface area contributed by atoms with E-state index in [-0.39, 0.29) is 23.5 Å². The van der Waals surface area contributed by atoms with Crippen LogP contribution in [0, 0.1) is 23.5 Å². The summed E-state index contributed by atoms with van der Waals surface area (Å²) < 4.78 is 28.4. The molecular weight excluding hydrogens is 420 g/mol. The number of hydrogen-bond acceptors (Lipinski definition) is 3. The molecule has 178 valence electrons. The van der Waals surface area contributed by atoms with Crippen LogP contribution in [-0.2, 0) is 4.79 Å². The molecule has 4 nitrogen and oxygen atoms in total. The molecule has 0 bridgehead atoms. The van der Waals surface area contributed by atoms with Crippen molar-refractivity contribution in [1.82, 2.24) is 4.90 Å². The molecule has 1 aliphatic heterocycles. The van der Waals surface area contributed by atoms with Gasteiger partial charge in [-0.3, -0.25) is 9.69 Å². The summed E-state index contributed by atoms with van der Waals surface area (Å²) in [5, 5.41) is 2.85. The summed E-state index contributed by atoms with van der Waals surface area (Å²) in [6.07, 6.45) is 5.22. The first kappa shape index (κ1) is 23.7. The van der Waals surface area contributed by atoms with Gasteiger partial charge in [-0.2, -0.15) is 0 Å². The number of halogens is 2. The molecule has 1 atom stereocenters. The molecular formula is C27H35F2N3O. The summed E-state index contributed by atoms with van der Waals surface area (Å²) in [4.78, 5) is 16.9. The van der Waals surface area contributed by atoms with E-state index >= 15 is 0 Å². The minimum Gasteiger partial charge on any atom is -0.367 e. The number of amides is 1. The Labute approximate surface area is 196 Å². The average Bonchev–Trinajstić information content (AvgIpc) is 2.78. The van der Waals surface area contributed by atoms with Gasteiger partial charge in [-0.25, -0.2) is 8.78 Å². The van der Waals surface area contributed by atoms with Gasteiger partial charge < -0.3 is 10.2 Å². The molecule has 2 aliphatic rings. The lowest BCUT2D eigenvalue weighted by atomic mass is 9.76. The van der Waals surface area contributed by atoms with Gasteiger partial charge in [-0.15, -0.1) is 0 Å². The topological polar surface area (TPSA) is 35.6 Å². The molecule has 2 aromatic rings. The second-order valence-corrected chi connectivity index (χ2v) is 9.38. The maximum Gasteiger partial charge on any atom is 0.227 e. The summed E-state index contributed by atoms with van der Waals surface area (Å²) in [6.45, 7) is 7.13. The molecule has 0 aromatic heterocycles. The van der Waals surface area contributed by atoms with Crippen LogP contribution in [0.5, 0.6) is 0 Å². The smallest absolute Gasteiger partial charge is 0.227 e. The quantitative estimate of drug-likeness (QED) is 0.530. The van der Waals surface area contributed by atoms with Crippen molar-refractivity contribution in [3.8, 4) is 0 Å². The Morgan fingerprint density at radius 2 is 1.67 bits per heavy atom. The predicted molar refractivity (Wildman–Crippen MR) is 129 cm³/mol. The Hall–Kier alpha value is -2.47. The van der Waals surface area contributed by atoms with Crippen LogP contribution in [0.25, 0.3) is 0 Å². The van der Waals surface area contributed by atoms with Gasteiger partial charge in [0.1, 0.15) is 11.6 Å². The number of carbonyl (C=O) groups excluding carboxylic acids is 1. The number of hydrogen-bond donors (Lipinski definition) is 1. The van der Waals surface area contributed by atoms with E-state index in [2.05, 4.69) is 15.1 Å². The minimum atomic E-state index is -0.306. The van der Waals surface area contributed by atoms with Crippen molar-refractivity contribution >= 4 is 17.3 Å². The van der Waals surface area contributed by atoms with Crippen molar-refractivity contribution in [2.45, 2.75) is 52.0 Å². The molecule has 33 heavy (non-hydrogen) atoms. The van der Waals surface area contributed by atoms with Crippen LogP contribution in [0.2, 0.25) is 0 Å².